The zero-order chi connectivity index (χ0) is 25.1. The smallest absolute Gasteiger partial charge is 0.295 e. The predicted molar refractivity (Wildman–Crippen MR) is 140 cm³/mol. The second-order valence-corrected chi connectivity index (χ2v) is 10.1. The van der Waals surface area contributed by atoms with Crippen molar-refractivity contribution in [1.29, 1.82) is 0 Å². The molecule has 4 aromatic rings. The minimum absolute atomic E-state index is 0.127. The summed E-state index contributed by atoms with van der Waals surface area (Å²) < 4.78 is 1.65. The second kappa shape index (κ2) is 10.5. The standard InChI is InChI=1S/C25H30N8OS/c1-7-35-18-9-8-17(26-11-18)10-27-23-25(34)33(15(4)5)24-19(31-23)12-28-22(32-24)20-16(6)29-13-30-21(20)14(2)3/h8-9,11-15H,7,10H2,1-6H3,(H,27,31). The molecule has 0 saturated carbocycles. The van der Waals surface area contributed by atoms with Gasteiger partial charge in [-0.15, -0.1) is 11.8 Å². The molecule has 9 nitrogen and oxygen atoms in total. The summed E-state index contributed by atoms with van der Waals surface area (Å²) in [5, 5.41) is 3.16. The Kier molecular flexibility index (Phi) is 7.39. The van der Waals surface area contributed by atoms with Crippen molar-refractivity contribution in [3.63, 3.8) is 0 Å². The number of anilines is 1. The van der Waals surface area contributed by atoms with Crippen molar-refractivity contribution in [3.8, 4) is 11.4 Å². The molecule has 0 aliphatic carbocycles. The summed E-state index contributed by atoms with van der Waals surface area (Å²) in [7, 11) is 0. The number of aryl methyl sites for hydroxylation is 1. The Morgan fingerprint density at radius 2 is 1.83 bits per heavy atom. The third kappa shape index (κ3) is 5.17. The predicted octanol–water partition coefficient (Wildman–Crippen LogP) is 4.78. The average molecular weight is 491 g/mol. The molecule has 0 spiro atoms. The molecule has 4 aromatic heterocycles. The first-order chi connectivity index (χ1) is 16.8. The van der Waals surface area contributed by atoms with E-state index in [1.165, 1.54) is 0 Å². The van der Waals surface area contributed by atoms with Crippen LogP contribution in [0.1, 0.15) is 63.7 Å². The van der Waals surface area contributed by atoms with E-state index in [1.807, 2.05) is 39.1 Å². The molecule has 1 N–H and O–H groups in total. The monoisotopic (exact) mass is 490 g/mol. The quantitative estimate of drug-likeness (QED) is 0.349. The lowest BCUT2D eigenvalue weighted by molar-refractivity contribution is 0.593. The van der Waals surface area contributed by atoms with Crippen molar-refractivity contribution >= 4 is 28.7 Å². The maximum atomic E-state index is 13.4. The van der Waals surface area contributed by atoms with Crippen molar-refractivity contribution in [1.82, 2.24) is 34.5 Å². The van der Waals surface area contributed by atoms with Crippen LogP contribution in [0.15, 0.2) is 40.5 Å². The van der Waals surface area contributed by atoms with Crippen molar-refractivity contribution in [3.05, 3.63) is 58.3 Å². The topological polar surface area (TPSA) is 111 Å². The summed E-state index contributed by atoms with van der Waals surface area (Å²) in [5.74, 6) is 1.91. The van der Waals surface area contributed by atoms with Gasteiger partial charge in [-0.1, -0.05) is 20.8 Å². The van der Waals surface area contributed by atoms with Crippen molar-refractivity contribution in [2.75, 3.05) is 11.1 Å². The first kappa shape index (κ1) is 24.7. The minimum Gasteiger partial charge on any atom is -0.360 e. The lowest BCUT2D eigenvalue weighted by atomic mass is 10.0. The van der Waals surface area contributed by atoms with Crippen molar-refractivity contribution in [2.45, 2.75) is 64.9 Å². The molecule has 0 unspecified atom stereocenters. The van der Waals surface area contributed by atoms with E-state index in [-0.39, 0.29) is 23.3 Å². The van der Waals surface area contributed by atoms with Gasteiger partial charge in [0.1, 0.15) is 11.8 Å². The molecule has 0 radical (unpaired) electrons. The van der Waals surface area contributed by atoms with E-state index in [0.29, 0.717) is 23.5 Å². The number of nitrogens with one attached hydrogen (secondary N) is 1. The SMILES string of the molecule is CCSc1ccc(CNc2nc3cnc(-c4c(C)ncnc4C(C)C)nc3n(C(C)C)c2=O)nc1. The first-order valence-corrected chi connectivity index (χ1v) is 12.7. The Bertz CT molecular complexity index is 1400. The molecule has 0 bridgehead atoms. The lowest BCUT2D eigenvalue weighted by Gasteiger charge is -2.17. The fourth-order valence-electron chi connectivity index (χ4n) is 3.86. The van der Waals surface area contributed by atoms with E-state index >= 15 is 0 Å². The number of pyridine rings is 1. The highest BCUT2D eigenvalue weighted by Gasteiger charge is 2.20. The zero-order valence-corrected chi connectivity index (χ0v) is 21.7. The molecule has 0 amide bonds. The van der Waals surface area contributed by atoms with E-state index in [1.54, 1.807) is 28.9 Å². The molecular weight excluding hydrogens is 460 g/mol. The van der Waals surface area contributed by atoms with Crippen LogP contribution >= 0.6 is 11.8 Å². The molecule has 0 saturated heterocycles. The molecule has 4 rings (SSSR count). The van der Waals surface area contributed by atoms with E-state index in [9.17, 15) is 4.79 Å². The van der Waals surface area contributed by atoms with Gasteiger partial charge >= 0.3 is 0 Å². The van der Waals surface area contributed by atoms with Crippen LogP contribution in [0, 0.1) is 6.92 Å². The Morgan fingerprint density at radius 1 is 1.03 bits per heavy atom. The Balaban J connectivity index is 1.74. The number of aromatic nitrogens is 7. The maximum Gasteiger partial charge on any atom is 0.295 e. The van der Waals surface area contributed by atoms with Crippen molar-refractivity contribution in [2.24, 2.45) is 0 Å². The zero-order valence-electron chi connectivity index (χ0n) is 20.9. The van der Waals surface area contributed by atoms with Crippen LogP contribution in [0.2, 0.25) is 0 Å². The van der Waals surface area contributed by atoms with Crippen LogP contribution in [0.25, 0.3) is 22.6 Å². The van der Waals surface area contributed by atoms with Crippen LogP contribution in [-0.2, 0) is 6.54 Å². The number of fused-ring (bicyclic) bond motifs is 1. The molecule has 4 heterocycles. The van der Waals surface area contributed by atoms with Gasteiger partial charge in [-0.2, -0.15) is 0 Å². The molecule has 0 aromatic carbocycles. The molecule has 0 aliphatic heterocycles. The highest BCUT2D eigenvalue weighted by molar-refractivity contribution is 7.99. The van der Waals surface area contributed by atoms with Gasteiger partial charge in [0, 0.05) is 17.1 Å². The summed E-state index contributed by atoms with van der Waals surface area (Å²) >= 11 is 1.74. The van der Waals surface area contributed by atoms with E-state index in [2.05, 4.69) is 51.0 Å². The normalized spacial score (nSPS) is 11.5. The number of nitrogens with zero attached hydrogens (tertiary/aromatic N) is 7. The van der Waals surface area contributed by atoms with E-state index in [4.69, 9.17) is 4.98 Å². The molecule has 35 heavy (non-hydrogen) atoms. The third-order valence-corrected chi connectivity index (χ3v) is 6.39. The van der Waals surface area contributed by atoms with Gasteiger partial charge < -0.3 is 5.32 Å². The van der Waals surface area contributed by atoms with Gasteiger partial charge in [0.05, 0.1) is 35.4 Å². The maximum absolute atomic E-state index is 13.4. The average Bonchev–Trinajstić information content (AvgIpc) is 2.83. The summed E-state index contributed by atoms with van der Waals surface area (Å²) in [6, 6.07) is 3.87. The Morgan fingerprint density at radius 3 is 2.49 bits per heavy atom. The minimum atomic E-state index is -0.236. The van der Waals surface area contributed by atoms with Crippen LogP contribution < -0.4 is 10.9 Å². The number of hydrogen-bond donors (Lipinski definition) is 1. The largest absolute Gasteiger partial charge is 0.360 e. The van der Waals surface area contributed by atoms with Crippen LogP contribution in [0.5, 0.6) is 0 Å². The van der Waals surface area contributed by atoms with Crippen molar-refractivity contribution < 1.29 is 0 Å². The summed E-state index contributed by atoms with van der Waals surface area (Å²) in [4.78, 5) is 41.7. The molecule has 182 valence electrons. The first-order valence-electron chi connectivity index (χ1n) is 11.7. The molecule has 10 heteroatoms. The van der Waals surface area contributed by atoms with Gasteiger partial charge in [0.15, 0.2) is 17.3 Å². The third-order valence-electron chi connectivity index (χ3n) is 5.53. The number of hydrogen-bond acceptors (Lipinski definition) is 9. The van der Waals surface area contributed by atoms with Gasteiger partial charge in [0.2, 0.25) is 0 Å². The summed E-state index contributed by atoms with van der Waals surface area (Å²) in [6.07, 6.45) is 5.07. The van der Waals surface area contributed by atoms with Crippen LogP contribution in [0.3, 0.4) is 0 Å². The number of thioether (sulfide) groups is 1. The highest BCUT2D eigenvalue weighted by atomic mass is 32.2. The number of rotatable bonds is 8. The van der Waals surface area contributed by atoms with Crippen LogP contribution in [-0.4, -0.2) is 40.2 Å². The Labute approximate surface area is 208 Å². The summed E-state index contributed by atoms with van der Waals surface area (Å²) in [6.45, 7) is 12.5. The molecule has 0 fully saturated rings. The highest BCUT2D eigenvalue weighted by Crippen LogP contribution is 2.28. The van der Waals surface area contributed by atoms with Gasteiger partial charge in [-0.25, -0.2) is 24.9 Å². The summed E-state index contributed by atoms with van der Waals surface area (Å²) in [5.41, 5.74) is 4.08. The molecule has 0 atom stereocenters. The van der Waals surface area contributed by atoms with Gasteiger partial charge in [-0.3, -0.25) is 14.3 Å². The van der Waals surface area contributed by atoms with Gasteiger partial charge in [0.25, 0.3) is 5.56 Å². The van der Waals surface area contributed by atoms with E-state index in [0.717, 1.165) is 33.3 Å². The van der Waals surface area contributed by atoms with Gasteiger partial charge in [-0.05, 0) is 44.6 Å². The molecular formula is C25H30N8OS. The Hall–Kier alpha value is -3.40. The fraction of sp³-hybridized carbons (Fsp3) is 0.400. The lowest BCUT2D eigenvalue weighted by Crippen LogP contribution is -2.27. The van der Waals surface area contributed by atoms with Crippen LogP contribution in [0.4, 0.5) is 5.82 Å². The van der Waals surface area contributed by atoms with E-state index < -0.39 is 0 Å². The molecule has 0 aliphatic rings. The fourth-order valence-corrected chi connectivity index (χ4v) is 4.49. The second-order valence-electron chi connectivity index (χ2n) is 8.78.